The van der Waals surface area contributed by atoms with E-state index in [2.05, 4.69) is 4.90 Å². The number of ether oxygens (including phenoxy) is 5. The molecule has 33 heavy (non-hydrogen) atoms. The van der Waals surface area contributed by atoms with E-state index in [1.807, 2.05) is 24.3 Å². The van der Waals surface area contributed by atoms with Crippen molar-refractivity contribution < 1.29 is 28.1 Å². The molecular formula is C25H27NO7. The quantitative estimate of drug-likeness (QED) is 0.504. The van der Waals surface area contributed by atoms with Gasteiger partial charge in [-0.3, -0.25) is 4.90 Å². The van der Waals surface area contributed by atoms with Gasteiger partial charge in [-0.1, -0.05) is 6.07 Å². The Bertz CT molecular complexity index is 1200. The summed E-state index contributed by atoms with van der Waals surface area (Å²) in [5.74, 6) is 2.52. The van der Waals surface area contributed by atoms with E-state index in [1.165, 1.54) is 6.07 Å². The largest absolute Gasteiger partial charge is 0.496 e. The molecule has 0 aliphatic carbocycles. The molecule has 8 nitrogen and oxygen atoms in total. The van der Waals surface area contributed by atoms with Gasteiger partial charge in [-0.15, -0.1) is 0 Å². The molecule has 0 spiro atoms. The van der Waals surface area contributed by atoms with Gasteiger partial charge in [0.1, 0.15) is 17.1 Å². The number of rotatable bonds is 7. The fourth-order valence-corrected chi connectivity index (χ4v) is 4.61. The van der Waals surface area contributed by atoms with Gasteiger partial charge < -0.3 is 28.1 Å². The van der Waals surface area contributed by atoms with Gasteiger partial charge in [-0.25, -0.2) is 4.79 Å². The topological polar surface area (TPSA) is 79.6 Å². The van der Waals surface area contributed by atoms with Crippen LogP contribution >= 0.6 is 0 Å². The molecule has 0 radical (unpaired) electrons. The molecule has 1 saturated heterocycles. The minimum Gasteiger partial charge on any atom is -0.496 e. The number of nitrogens with zero attached hydrogens (tertiary/aromatic N) is 1. The van der Waals surface area contributed by atoms with Crippen LogP contribution in [-0.4, -0.2) is 58.8 Å². The summed E-state index contributed by atoms with van der Waals surface area (Å²) >= 11 is 0. The smallest absolute Gasteiger partial charge is 0.336 e. The Hall–Kier alpha value is -3.23. The van der Waals surface area contributed by atoms with Crippen molar-refractivity contribution in [3.63, 3.8) is 0 Å². The van der Waals surface area contributed by atoms with Crippen LogP contribution in [-0.2, 0) is 4.74 Å². The standard InChI is InChI=1S/C25H27NO7/c1-28-20-14-22(29-2)24(25-18(20)4-6-23(27)33-25)17(7-8-26-9-11-30-12-10-26)16-3-5-19-21(13-16)32-15-31-19/h3-6,13-14,17H,7-12,15H2,1-2H3. The molecular weight excluding hydrogens is 426 g/mol. The zero-order valence-corrected chi connectivity index (χ0v) is 18.8. The third-order valence-electron chi connectivity index (χ3n) is 6.30. The monoisotopic (exact) mass is 453 g/mol. The van der Waals surface area contributed by atoms with Crippen LogP contribution < -0.4 is 24.6 Å². The Morgan fingerprint density at radius 2 is 1.76 bits per heavy atom. The van der Waals surface area contributed by atoms with E-state index in [9.17, 15) is 4.79 Å². The molecule has 0 saturated carbocycles. The van der Waals surface area contributed by atoms with Crippen LogP contribution in [0.3, 0.4) is 0 Å². The second kappa shape index (κ2) is 9.33. The van der Waals surface area contributed by atoms with Crippen molar-refractivity contribution in [1.29, 1.82) is 0 Å². The number of morpholine rings is 1. The number of fused-ring (bicyclic) bond motifs is 2. The van der Waals surface area contributed by atoms with E-state index < -0.39 is 5.63 Å². The van der Waals surface area contributed by atoms with Gasteiger partial charge in [0.25, 0.3) is 0 Å². The lowest BCUT2D eigenvalue weighted by Gasteiger charge is -2.29. The summed E-state index contributed by atoms with van der Waals surface area (Å²) in [6.07, 6.45) is 0.788. The maximum absolute atomic E-state index is 12.2. The van der Waals surface area contributed by atoms with E-state index in [1.54, 1.807) is 20.3 Å². The van der Waals surface area contributed by atoms with Gasteiger partial charge in [0.05, 0.1) is 32.8 Å². The third kappa shape index (κ3) is 4.24. The first-order valence-corrected chi connectivity index (χ1v) is 11.1. The molecule has 174 valence electrons. The Morgan fingerprint density at radius 1 is 0.970 bits per heavy atom. The van der Waals surface area contributed by atoms with Crippen molar-refractivity contribution in [2.24, 2.45) is 0 Å². The van der Waals surface area contributed by atoms with Crippen LogP contribution in [0, 0.1) is 0 Å². The summed E-state index contributed by atoms with van der Waals surface area (Å²) < 4.78 is 33.8. The predicted octanol–water partition coefficient (Wildman–Crippen LogP) is 3.39. The molecule has 1 unspecified atom stereocenters. The fraction of sp³-hybridized carbons (Fsp3) is 0.400. The molecule has 2 aromatic carbocycles. The molecule has 1 atom stereocenters. The normalized spacial score (nSPS) is 16.7. The summed E-state index contributed by atoms with van der Waals surface area (Å²) in [4.78, 5) is 14.6. The highest BCUT2D eigenvalue weighted by molar-refractivity contribution is 5.89. The van der Waals surface area contributed by atoms with Crippen molar-refractivity contribution in [2.75, 3.05) is 53.9 Å². The predicted molar refractivity (Wildman–Crippen MR) is 122 cm³/mol. The maximum atomic E-state index is 12.2. The zero-order chi connectivity index (χ0) is 22.8. The van der Waals surface area contributed by atoms with Gasteiger partial charge in [0.15, 0.2) is 11.5 Å². The molecule has 3 aromatic rings. The highest BCUT2D eigenvalue weighted by atomic mass is 16.7. The van der Waals surface area contributed by atoms with Crippen LogP contribution in [0.15, 0.2) is 45.6 Å². The molecule has 8 heteroatoms. The number of hydrogen-bond donors (Lipinski definition) is 0. The highest BCUT2D eigenvalue weighted by Crippen LogP contribution is 2.45. The molecule has 0 bridgehead atoms. The summed E-state index contributed by atoms with van der Waals surface area (Å²) in [5.41, 5.74) is 1.90. The van der Waals surface area contributed by atoms with E-state index >= 15 is 0 Å². The summed E-state index contributed by atoms with van der Waals surface area (Å²) in [7, 11) is 3.20. The molecule has 0 amide bonds. The second-order valence-electron chi connectivity index (χ2n) is 8.10. The first-order chi connectivity index (χ1) is 16.2. The van der Waals surface area contributed by atoms with Crippen LogP contribution in [0.4, 0.5) is 0 Å². The average molecular weight is 453 g/mol. The van der Waals surface area contributed by atoms with Crippen molar-refractivity contribution in [3.8, 4) is 23.0 Å². The Balaban J connectivity index is 1.65. The lowest BCUT2D eigenvalue weighted by atomic mass is 9.86. The fourth-order valence-electron chi connectivity index (χ4n) is 4.61. The van der Waals surface area contributed by atoms with E-state index in [4.69, 9.17) is 28.1 Å². The SMILES string of the molecule is COc1cc(OC)c2ccc(=O)oc2c1C(CCN1CCOCC1)c1ccc2c(c1)OCO2. The van der Waals surface area contributed by atoms with Gasteiger partial charge in [0.2, 0.25) is 6.79 Å². The lowest BCUT2D eigenvalue weighted by Crippen LogP contribution is -2.37. The van der Waals surface area contributed by atoms with E-state index in [0.29, 0.717) is 22.8 Å². The Morgan fingerprint density at radius 3 is 2.55 bits per heavy atom. The van der Waals surface area contributed by atoms with Crippen LogP contribution in [0.5, 0.6) is 23.0 Å². The number of benzene rings is 2. The van der Waals surface area contributed by atoms with E-state index in [-0.39, 0.29) is 12.7 Å². The molecule has 2 aliphatic rings. The van der Waals surface area contributed by atoms with Gasteiger partial charge in [-0.2, -0.15) is 0 Å². The minimum absolute atomic E-state index is 0.115. The molecule has 0 N–H and O–H groups in total. The van der Waals surface area contributed by atoms with Crippen LogP contribution in [0.2, 0.25) is 0 Å². The van der Waals surface area contributed by atoms with Crippen molar-refractivity contribution >= 4 is 11.0 Å². The summed E-state index contributed by atoms with van der Waals surface area (Å²) in [6, 6.07) is 11.0. The average Bonchev–Trinajstić information content (AvgIpc) is 3.32. The molecule has 3 heterocycles. The van der Waals surface area contributed by atoms with Crippen molar-refractivity contribution in [3.05, 3.63) is 57.9 Å². The molecule has 1 fully saturated rings. The molecule has 2 aliphatic heterocycles. The highest BCUT2D eigenvalue weighted by Gasteiger charge is 2.28. The minimum atomic E-state index is -0.420. The lowest BCUT2D eigenvalue weighted by molar-refractivity contribution is 0.0369. The number of methoxy groups -OCH3 is 2. The summed E-state index contributed by atoms with van der Waals surface area (Å²) in [5, 5.41) is 0.727. The Kier molecular flexibility index (Phi) is 6.11. The first kappa shape index (κ1) is 21.6. The Labute approximate surface area is 191 Å². The van der Waals surface area contributed by atoms with E-state index in [0.717, 1.165) is 61.5 Å². The van der Waals surface area contributed by atoms with Crippen molar-refractivity contribution in [1.82, 2.24) is 4.90 Å². The first-order valence-electron chi connectivity index (χ1n) is 11.1. The van der Waals surface area contributed by atoms with Crippen LogP contribution in [0.1, 0.15) is 23.5 Å². The third-order valence-corrected chi connectivity index (χ3v) is 6.30. The molecule has 1 aromatic heterocycles. The number of hydrogen-bond acceptors (Lipinski definition) is 8. The molecule has 5 rings (SSSR count). The van der Waals surface area contributed by atoms with Crippen molar-refractivity contribution in [2.45, 2.75) is 12.3 Å². The maximum Gasteiger partial charge on any atom is 0.336 e. The van der Waals surface area contributed by atoms with Gasteiger partial charge >= 0.3 is 5.63 Å². The van der Waals surface area contributed by atoms with Crippen LogP contribution in [0.25, 0.3) is 11.0 Å². The summed E-state index contributed by atoms with van der Waals surface area (Å²) in [6.45, 7) is 4.32. The van der Waals surface area contributed by atoms with Gasteiger partial charge in [-0.05, 0) is 36.7 Å². The zero-order valence-electron chi connectivity index (χ0n) is 18.8. The second-order valence-corrected chi connectivity index (χ2v) is 8.10. The van der Waals surface area contributed by atoms with Gasteiger partial charge in [0, 0.05) is 36.7 Å².